The molecule has 0 atom stereocenters. The minimum atomic E-state index is -4.63. The van der Waals surface area contributed by atoms with Gasteiger partial charge in [0.15, 0.2) is 0 Å². The summed E-state index contributed by atoms with van der Waals surface area (Å²) in [6, 6.07) is 15.3. The van der Waals surface area contributed by atoms with Crippen LogP contribution < -0.4 is 4.74 Å². The third-order valence-corrected chi connectivity index (χ3v) is 8.24. The number of H-pyrrole nitrogens is 1. The van der Waals surface area contributed by atoms with Crippen molar-refractivity contribution in [3.05, 3.63) is 82.1 Å². The van der Waals surface area contributed by atoms with Gasteiger partial charge in [-0.05, 0) is 72.9 Å². The van der Waals surface area contributed by atoms with Gasteiger partial charge in [0, 0.05) is 18.7 Å². The molecule has 4 aromatic rings. The lowest BCUT2D eigenvalue weighted by Gasteiger charge is -2.40. The third-order valence-electron chi connectivity index (χ3n) is 7.91. The van der Waals surface area contributed by atoms with E-state index in [1.165, 1.54) is 6.07 Å². The number of nitrogens with zero attached hydrogens (tertiary/aromatic N) is 3. The van der Waals surface area contributed by atoms with Gasteiger partial charge in [0.05, 0.1) is 40.3 Å². The Morgan fingerprint density at radius 2 is 1.76 bits per heavy atom. The van der Waals surface area contributed by atoms with Gasteiger partial charge in [-0.2, -0.15) is 13.2 Å². The summed E-state index contributed by atoms with van der Waals surface area (Å²) in [7, 11) is 0. The molecule has 0 radical (unpaired) electrons. The normalized spacial score (nSPS) is 17.2. The summed E-state index contributed by atoms with van der Waals surface area (Å²) in [6.07, 6.45) is -4.41. The van der Waals surface area contributed by atoms with E-state index in [4.69, 9.17) is 16.3 Å². The van der Waals surface area contributed by atoms with Crippen molar-refractivity contribution < 1.29 is 27.8 Å². The lowest BCUT2D eigenvalue weighted by molar-refractivity contribution is -0.137. The van der Waals surface area contributed by atoms with E-state index in [0.29, 0.717) is 19.7 Å². The van der Waals surface area contributed by atoms with Crippen molar-refractivity contribution in [1.29, 1.82) is 0 Å². The molecule has 0 bridgehead atoms. The molecule has 7 nitrogen and oxygen atoms in total. The molecular weight excluding hydrogens is 557 g/mol. The van der Waals surface area contributed by atoms with Gasteiger partial charge in [-0.15, -0.1) is 0 Å². The van der Waals surface area contributed by atoms with Gasteiger partial charge in [0.25, 0.3) is 0 Å². The van der Waals surface area contributed by atoms with E-state index in [1.807, 2.05) is 43.3 Å². The molecule has 41 heavy (non-hydrogen) atoms. The summed E-state index contributed by atoms with van der Waals surface area (Å²) in [5.41, 5.74) is 2.40. The summed E-state index contributed by atoms with van der Waals surface area (Å²) in [5.74, 6) is 1.57. The third kappa shape index (κ3) is 5.34. The number of piperidine rings is 1. The summed E-state index contributed by atoms with van der Waals surface area (Å²) in [6.45, 7) is 3.38. The second-order valence-electron chi connectivity index (χ2n) is 10.6. The van der Waals surface area contributed by atoms with Crippen molar-refractivity contribution >= 4 is 28.7 Å². The first-order valence-electron chi connectivity index (χ1n) is 13.4. The number of aryl methyl sites for hydroxylation is 1. The van der Waals surface area contributed by atoms with Crippen molar-refractivity contribution in [1.82, 2.24) is 19.8 Å². The Balaban J connectivity index is 1.17. The number of benzene rings is 3. The highest BCUT2D eigenvalue weighted by atomic mass is 35.5. The molecule has 3 heterocycles. The quantitative estimate of drug-likeness (QED) is 0.281. The predicted octanol–water partition coefficient (Wildman–Crippen LogP) is 6.51. The number of alkyl halides is 3. The van der Waals surface area contributed by atoms with Gasteiger partial charge in [0.2, 0.25) is 0 Å². The van der Waals surface area contributed by atoms with Gasteiger partial charge in [-0.25, -0.2) is 9.78 Å². The number of amides is 2. The number of imidazole rings is 1. The van der Waals surface area contributed by atoms with E-state index in [2.05, 4.69) is 9.97 Å². The number of nitrogens with one attached hydrogen (secondary N) is 1. The second kappa shape index (κ2) is 10.3. The lowest BCUT2D eigenvalue weighted by Crippen LogP contribution is -2.50. The molecule has 214 valence electrons. The number of rotatable bonds is 2. The van der Waals surface area contributed by atoms with Gasteiger partial charge in [-0.1, -0.05) is 29.8 Å². The van der Waals surface area contributed by atoms with E-state index in [-0.39, 0.29) is 37.5 Å². The smallest absolute Gasteiger partial charge is 0.417 e. The number of fused-ring (bicyclic) bond motifs is 2. The van der Waals surface area contributed by atoms with Crippen molar-refractivity contribution in [3.8, 4) is 16.9 Å². The first kappa shape index (κ1) is 27.4. The Morgan fingerprint density at radius 3 is 2.51 bits per heavy atom. The Bertz CT molecular complexity index is 1630. The fraction of sp³-hybridized carbons (Fsp3) is 0.333. The van der Waals surface area contributed by atoms with Crippen LogP contribution in [0, 0.1) is 6.92 Å². The van der Waals surface area contributed by atoms with E-state index >= 15 is 0 Å². The molecule has 2 aliphatic heterocycles. The topological polar surface area (TPSA) is 81.7 Å². The fourth-order valence-corrected chi connectivity index (χ4v) is 5.87. The molecule has 1 aromatic heterocycles. The van der Waals surface area contributed by atoms with Crippen LogP contribution in [-0.2, 0) is 18.3 Å². The molecule has 0 saturated carbocycles. The molecule has 3 aromatic carbocycles. The molecule has 2 amide bonds. The van der Waals surface area contributed by atoms with Gasteiger partial charge in [-0.3, -0.25) is 0 Å². The highest BCUT2D eigenvalue weighted by molar-refractivity contribution is 6.31. The zero-order valence-electron chi connectivity index (χ0n) is 22.3. The number of hydrogen-bond donors (Lipinski definition) is 2. The second-order valence-corrected chi connectivity index (χ2v) is 11.0. The van der Waals surface area contributed by atoms with E-state index in [1.54, 1.807) is 9.80 Å². The van der Waals surface area contributed by atoms with Gasteiger partial charge in [0.1, 0.15) is 18.2 Å². The molecule has 11 heteroatoms. The number of ether oxygens (including phenoxy) is 1. The summed E-state index contributed by atoms with van der Waals surface area (Å²) in [5, 5.41) is 10.8. The molecule has 0 spiro atoms. The van der Waals surface area contributed by atoms with Crippen molar-refractivity contribution in [3.63, 3.8) is 0 Å². The maximum absolute atomic E-state index is 13.5. The minimum Gasteiger partial charge on any atom is -0.491 e. The zero-order valence-corrected chi connectivity index (χ0v) is 23.0. The Hall–Kier alpha value is -3.76. The molecule has 0 unspecified atom stereocenters. The number of aromatic amines is 1. The minimum absolute atomic E-state index is 0.109. The SMILES string of the molecule is Cc1nc2ccc(-c3ccc4c(c3)CN(C(=O)N3CCC(O)(c5ccc(Cl)c(C(F)(F)F)c5)CC3)CCO4)cc2[nH]1. The highest BCUT2D eigenvalue weighted by Gasteiger charge is 2.40. The number of aromatic nitrogens is 2. The molecule has 0 aliphatic carbocycles. The number of likely N-dealkylation sites (tertiary alicyclic amines) is 1. The number of carbonyl (C=O) groups is 1. The van der Waals surface area contributed by atoms with Crippen molar-refractivity contribution in [2.45, 2.75) is 38.1 Å². The van der Waals surface area contributed by atoms with Crippen LogP contribution in [0.3, 0.4) is 0 Å². The van der Waals surface area contributed by atoms with E-state index < -0.39 is 22.4 Å². The highest BCUT2D eigenvalue weighted by Crippen LogP contribution is 2.40. The number of carbonyl (C=O) groups excluding carboxylic acids is 1. The maximum atomic E-state index is 13.5. The molecular formula is C30H28ClF3N4O3. The predicted molar refractivity (Wildman–Crippen MR) is 149 cm³/mol. The van der Waals surface area contributed by atoms with E-state index in [0.717, 1.165) is 51.4 Å². The Morgan fingerprint density at radius 1 is 1.02 bits per heavy atom. The standard InChI is InChI=1S/C30H28ClF3N4O3/c1-18-35-25-6-2-20(15-26(25)36-18)19-3-7-27-21(14-19)17-38(12-13-41-27)28(39)37-10-8-29(40,9-11-37)22-4-5-24(31)23(16-22)30(32,33)34/h2-7,14-16,40H,8-13,17H2,1H3,(H,35,36). The van der Waals surface area contributed by atoms with Gasteiger partial charge >= 0.3 is 12.2 Å². The summed E-state index contributed by atoms with van der Waals surface area (Å²) in [4.78, 5) is 24.6. The molecule has 2 N–H and O–H groups in total. The van der Waals surface area contributed by atoms with Crippen LogP contribution in [0.15, 0.2) is 54.6 Å². The molecule has 6 rings (SSSR count). The van der Waals surface area contributed by atoms with Gasteiger partial charge < -0.3 is 24.6 Å². The molecule has 1 saturated heterocycles. The zero-order chi connectivity index (χ0) is 28.9. The van der Waals surface area contributed by atoms with E-state index in [9.17, 15) is 23.1 Å². The van der Waals surface area contributed by atoms with Crippen LogP contribution in [0.1, 0.15) is 35.4 Å². The van der Waals surface area contributed by atoms with Crippen LogP contribution >= 0.6 is 11.6 Å². The fourth-order valence-electron chi connectivity index (χ4n) is 5.64. The largest absolute Gasteiger partial charge is 0.491 e. The first-order chi connectivity index (χ1) is 19.5. The Kier molecular flexibility index (Phi) is 6.86. The first-order valence-corrected chi connectivity index (χ1v) is 13.7. The number of aliphatic hydroxyl groups is 1. The maximum Gasteiger partial charge on any atom is 0.417 e. The van der Waals surface area contributed by atoms with Crippen LogP contribution in [0.2, 0.25) is 5.02 Å². The summed E-state index contributed by atoms with van der Waals surface area (Å²) < 4.78 is 46.1. The summed E-state index contributed by atoms with van der Waals surface area (Å²) >= 11 is 5.76. The van der Waals surface area contributed by atoms with Crippen LogP contribution in [0.4, 0.5) is 18.0 Å². The van der Waals surface area contributed by atoms with Crippen molar-refractivity contribution in [2.75, 3.05) is 26.2 Å². The molecule has 2 aliphatic rings. The van der Waals surface area contributed by atoms with Crippen molar-refractivity contribution in [2.24, 2.45) is 0 Å². The van der Waals surface area contributed by atoms with Crippen LogP contribution in [0.25, 0.3) is 22.2 Å². The number of hydrogen-bond acceptors (Lipinski definition) is 4. The van der Waals surface area contributed by atoms with Crippen LogP contribution in [-0.4, -0.2) is 57.1 Å². The average molecular weight is 585 g/mol. The number of urea groups is 1. The Labute approximate surface area is 239 Å². The monoisotopic (exact) mass is 584 g/mol. The van der Waals surface area contributed by atoms with Crippen LogP contribution in [0.5, 0.6) is 5.75 Å². The average Bonchev–Trinajstić information content (AvgIpc) is 3.18. The molecule has 1 fully saturated rings. The lowest BCUT2D eigenvalue weighted by atomic mass is 9.84. The number of halogens is 4.